The SMILES string of the molecule is CC1(CNC(=O)c2ccccn2)COC1. The minimum atomic E-state index is -0.122. The van der Waals surface area contributed by atoms with Gasteiger partial charge < -0.3 is 10.1 Å². The molecule has 0 radical (unpaired) electrons. The lowest BCUT2D eigenvalue weighted by Gasteiger charge is -2.37. The van der Waals surface area contributed by atoms with E-state index in [1.165, 1.54) is 0 Å². The molecule has 1 amide bonds. The molecular weight excluding hydrogens is 192 g/mol. The van der Waals surface area contributed by atoms with Crippen LogP contribution in [0.15, 0.2) is 24.4 Å². The van der Waals surface area contributed by atoms with Gasteiger partial charge in [-0.15, -0.1) is 0 Å². The maximum atomic E-state index is 11.6. The highest BCUT2D eigenvalue weighted by molar-refractivity contribution is 5.92. The molecule has 1 N–H and O–H groups in total. The molecule has 2 rings (SSSR count). The van der Waals surface area contributed by atoms with Crippen LogP contribution in [-0.4, -0.2) is 30.6 Å². The zero-order valence-corrected chi connectivity index (χ0v) is 8.69. The quantitative estimate of drug-likeness (QED) is 0.797. The minimum absolute atomic E-state index is 0.102. The van der Waals surface area contributed by atoms with Crippen LogP contribution in [0.3, 0.4) is 0 Å². The molecule has 1 saturated heterocycles. The van der Waals surface area contributed by atoms with Gasteiger partial charge in [-0.25, -0.2) is 0 Å². The largest absolute Gasteiger partial charge is 0.380 e. The van der Waals surface area contributed by atoms with E-state index >= 15 is 0 Å². The predicted octanol–water partition coefficient (Wildman–Crippen LogP) is 0.848. The van der Waals surface area contributed by atoms with Crippen LogP contribution in [0.4, 0.5) is 0 Å². The number of carbonyl (C=O) groups is 1. The highest BCUT2D eigenvalue weighted by Gasteiger charge is 2.33. The highest BCUT2D eigenvalue weighted by atomic mass is 16.5. The molecule has 0 aliphatic carbocycles. The molecule has 0 aromatic carbocycles. The molecule has 1 fully saturated rings. The van der Waals surface area contributed by atoms with Crippen molar-refractivity contribution in [1.82, 2.24) is 10.3 Å². The van der Waals surface area contributed by atoms with Crippen molar-refractivity contribution in [2.45, 2.75) is 6.92 Å². The number of ether oxygens (including phenoxy) is 1. The maximum absolute atomic E-state index is 11.6. The van der Waals surface area contributed by atoms with Crippen LogP contribution in [-0.2, 0) is 4.74 Å². The van der Waals surface area contributed by atoms with Gasteiger partial charge >= 0.3 is 0 Å². The van der Waals surface area contributed by atoms with Crippen LogP contribution in [0.5, 0.6) is 0 Å². The van der Waals surface area contributed by atoms with E-state index < -0.39 is 0 Å². The minimum Gasteiger partial charge on any atom is -0.380 e. The normalized spacial score (nSPS) is 17.9. The number of aromatic nitrogens is 1. The molecule has 2 heterocycles. The Bertz CT molecular complexity index is 347. The van der Waals surface area contributed by atoms with Crippen molar-refractivity contribution in [2.75, 3.05) is 19.8 Å². The van der Waals surface area contributed by atoms with Crippen LogP contribution in [0.25, 0.3) is 0 Å². The molecule has 4 heteroatoms. The first-order valence-corrected chi connectivity index (χ1v) is 4.97. The molecule has 0 bridgehead atoms. The lowest BCUT2D eigenvalue weighted by atomic mass is 9.89. The van der Waals surface area contributed by atoms with Crippen LogP contribution < -0.4 is 5.32 Å². The average molecular weight is 206 g/mol. The Kier molecular flexibility index (Phi) is 2.68. The second kappa shape index (κ2) is 3.98. The van der Waals surface area contributed by atoms with E-state index in [0.717, 1.165) is 13.2 Å². The Morgan fingerprint density at radius 3 is 2.93 bits per heavy atom. The van der Waals surface area contributed by atoms with Gasteiger partial charge in [-0.1, -0.05) is 13.0 Å². The third kappa shape index (κ3) is 2.33. The average Bonchev–Trinajstić information content (AvgIpc) is 2.24. The van der Waals surface area contributed by atoms with Gasteiger partial charge in [0.15, 0.2) is 0 Å². The molecule has 0 spiro atoms. The van der Waals surface area contributed by atoms with Crippen molar-refractivity contribution in [3.05, 3.63) is 30.1 Å². The lowest BCUT2D eigenvalue weighted by Crippen LogP contribution is -2.48. The fraction of sp³-hybridized carbons (Fsp3) is 0.455. The predicted molar refractivity (Wildman–Crippen MR) is 55.5 cm³/mol. The molecule has 15 heavy (non-hydrogen) atoms. The van der Waals surface area contributed by atoms with E-state index in [1.54, 1.807) is 24.4 Å². The first kappa shape index (κ1) is 10.1. The summed E-state index contributed by atoms with van der Waals surface area (Å²) in [6.07, 6.45) is 1.61. The Labute approximate surface area is 88.7 Å². The second-order valence-corrected chi connectivity index (χ2v) is 4.20. The summed E-state index contributed by atoms with van der Waals surface area (Å²) >= 11 is 0. The molecule has 1 aromatic heterocycles. The summed E-state index contributed by atoms with van der Waals surface area (Å²) in [5, 5.41) is 2.86. The number of nitrogens with zero attached hydrogens (tertiary/aromatic N) is 1. The molecule has 0 atom stereocenters. The standard InChI is InChI=1S/C11H14N2O2/c1-11(7-15-8-11)6-13-10(14)9-4-2-3-5-12-9/h2-5H,6-8H2,1H3,(H,13,14). The first-order valence-electron chi connectivity index (χ1n) is 4.97. The van der Waals surface area contributed by atoms with Crippen molar-refractivity contribution in [3.63, 3.8) is 0 Å². The first-order chi connectivity index (χ1) is 7.20. The monoisotopic (exact) mass is 206 g/mol. The van der Waals surface area contributed by atoms with E-state index in [0.29, 0.717) is 12.2 Å². The maximum Gasteiger partial charge on any atom is 0.269 e. The van der Waals surface area contributed by atoms with Crippen LogP contribution in [0.1, 0.15) is 17.4 Å². The number of carbonyl (C=O) groups excluding carboxylic acids is 1. The van der Waals surface area contributed by atoms with Crippen LogP contribution in [0, 0.1) is 5.41 Å². The summed E-state index contributed by atoms with van der Waals surface area (Å²) < 4.78 is 5.11. The van der Waals surface area contributed by atoms with Gasteiger partial charge in [-0.2, -0.15) is 0 Å². The summed E-state index contributed by atoms with van der Waals surface area (Å²) in [5.74, 6) is -0.122. The number of hydrogen-bond donors (Lipinski definition) is 1. The van der Waals surface area contributed by atoms with Crippen molar-refractivity contribution in [1.29, 1.82) is 0 Å². The summed E-state index contributed by atoms with van der Waals surface area (Å²) in [6, 6.07) is 5.29. The molecule has 0 unspecified atom stereocenters. The van der Waals surface area contributed by atoms with Gasteiger partial charge in [0.1, 0.15) is 5.69 Å². The smallest absolute Gasteiger partial charge is 0.269 e. The molecule has 1 aromatic rings. The summed E-state index contributed by atoms with van der Waals surface area (Å²) in [5.41, 5.74) is 0.561. The Balaban J connectivity index is 1.88. The van der Waals surface area contributed by atoms with Crippen molar-refractivity contribution in [3.8, 4) is 0 Å². The zero-order chi connectivity index (χ0) is 10.7. The van der Waals surface area contributed by atoms with Gasteiger partial charge in [-0.05, 0) is 12.1 Å². The lowest BCUT2D eigenvalue weighted by molar-refractivity contribution is -0.0978. The molecular formula is C11H14N2O2. The van der Waals surface area contributed by atoms with E-state index in [4.69, 9.17) is 4.74 Å². The Morgan fingerprint density at radius 2 is 2.40 bits per heavy atom. The number of nitrogens with one attached hydrogen (secondary N) is 1. The fourth-order valence-corrected chi connectivity index (χ4v) is 1.43. The second-order valence-electron chi connectivity index (χ2n) is 4.20. The molecule has 4 nitrogen and oxygen atoms in total. The molecule has 1 aliphatic rings. The van der Waals surface area contributed by atoms with Crippen molar-refractivity contribution < 1.29 is 9.53 Å². The number of pyridine rings is 1. The number of amides is 1. The number of hydrogen-bond acceptors (Lipinski definition) is 3. The fourth-order valence-electron chi connectivity index (χ4n) is 1.43. The van der Waals surface area contributed by atoms with Gasteiger partial charge in [0.05, 0.1) is 13.2 Å². The zero-order valence-electron chi connectivity index (χ0n) is 8.69. The van der Waals surface area contributed by atoms with E-state index in [1.807, 2.05) is 0 Å². The van der Waals surface area contributed by atoms with Gasteiger partial charge in [-0.3, -0.25) is 9.78 Å². The Morgan fingerprint density at radius 1 is 1.60 bits per heavy atom. The molecule has 1 aliphatic heterocycles. The third-order valence-corrected chi connectivity index (χ3v) is 2.47. The van der Waals surface area contributed by atoms with Crippen molar-refractivity contribution in [2.24, 2.45) is 5.41 Å². The van der Waals surface area contributed by atoms with E-state index in [-0.39, 0.29) is 11.3 Å². The van der Waals surface area contributed by atoms with Gasteiger partial charge in [0.2, 0.25) is 0 Å². The molecule has 80 valence electrons. The van der Waals surface area contributed by atoms with Crippen LogP contribution >= 0.6 is 0 Å². The third-order valence-electron chi connectivity index (χ3n) is 2.47. The highest BCUT2D eigenvalue weighted by Crippen LogP contribution is 2.25. The Hall–Kier alpha value is -1.42. The topological polar surface area (TPSA) is 51.2 Å². The number of rotatable bonds is 3. The summed E-state index contributed by atoms with van der Waals surface area (Å²) in [6.45, 7) is 4.17. The van der Waals surface area contributed by atoms with E-state index in [9.17, 15) is 4.79 Å². The van der Waals surface area contributed by atoms with Crippen LogP contribution in [0.2, 0.25) is 0 Å². The van der Waals surface area contributed by atoms with Gasteiger partial charge in [0, 0.05) is 18.2 Å². The molecule has 0 saturated carbocycles. The van der Waals surface area contributed by atoms with E-state index in [2.05, 4.69) is 17.2 Å². The summed E-state index contributed by atoms with van der Waals surface area (Å²) in [7, 11) is 0. The summed E-state index contributed by atoms with van der Waals surface area (Å²) in [4.78, 5) is 15.6. The van der Waals surface area contributed by atoms with Gasteiger partial charge in [0.25, 0.3) is 5.91 Å². The van der Waals surface area contributed by atoms with Crippen molar-refractivity contribution >= 4 is 5.91 Å².